The van der Waals surface area contributed by atoms with Gasteiger partial charge in [0.05, 0.1) is 37.3 Å². The van der Waals surface area contributed by atoms with Gasteiger partial charge in [-0.25, -0.2) is 19.3 Å². The molecule has 0 atom stereocenters. The number of halogens is 3. The molecule has 5 N–H and O–H groups in total. The molecule has 2 aromatic rings. The quantitative estimate of drug-likeness (QED) is 0.152. The van der Waals surface area contributed by atoms with Crippen LogP contribution in [0.4, 0.5) is 23.9 Å². The number of carboxylic acid groups (broad SMARTS) is 2. The number of aliphatic hydroxyl groups is 1. The number of aromatic nitrogens is 3. The summed E-state index contributed by atoms with van der Waals surface area (Å²) in [5.41, 5.74) is -2.91. The molecule has 0 saturated heterocycles. The summed E-state index contributed by atoms with van der Waals surface area (Å²) in [5.74, 6) is -5.81. The summed E-state index contributed by atoms with van der Waals surface area (Å²) in [6.45, 7) is 0. The topological polar surface area (TPSA) is 261 Å². The van der Waals surface area contributed by atoms with Crippen LogP contribution in [0.1, 0.15) is 41.7 Å². The first kappa shape index (κ1) is 35.1. The highest BCUT2D eigenvalue weighted by atomic mass is 32.2. The zero-order chi connectivity index (χ0) is 34.6. The average Bonchev–Trinajstić information content (AvgIpc) is 3.81. The molecule has 248 valence electrons. The minimum atomic E-state index is -5.14. The maximum atomic E-state index is 12.8. The van der Waals surface area contributed by atoms with Gasteiger partial charge in [-0.2, -0.15) is 31.6 Å². The van der Waals surface area contributed by atoms with Gasteiger partial charge in [-0.15, -0.1) is 0 Å². The number of nitrogens with zero attached hydrogens (tertiary/aromatic N) is 3. The van der Waals surface area contributed by atoms with Crippen LogP contribution in [0, 0.1) is 11.8 Å². The number of carboxylic acids is 2. The Kier molecular flexibility index (Phi) is 10.5. The standard InChI is InChI=1S/C14H12F3N5O7S.C11H12O5/c1-28-8-5-9(29-2)20-12(19-8)21-13(25)22-30(26,27)10-6(11(23)24)3-4-7(18-10)14(15,16)17;12-7-3-6(11(15)16)4-8(13)9(7)10(14)5-1-2-5/h3-5H,1-2H3,(H,23,24)(H2,19,20,21,22,25);5-6,14H,1-4H2,(H,15,16). The Hall–Kier alpha value is -5.34. The van der Waals surface area contributed by atoms with Gasteiger partial charge in [-0.1, -0.05) is 0 Å². The molecule has 46 heavy (non-hydrogen) atoms. The van der Waals surface area contributed by atoms with Crippen molar-refractivity contribution in [1.29, 1.82) is 0 Å². The second-order valence-electron chi connectivity index (χ2n) is 9.51. The van der Waals surface area contributed by atoms with Crippen LogP contribution in [0.5, 0.6) is 11.8 Å². The van der Waals surface area contributed by atoms with Crippen molar-refractivity contribution in [3.8, 4) is 11.8 Å². The van der Waals surface area contributed by atoms with E-state index < -0.39 is 73.9 Å². The lowest BCUT2D eigenvalue weighted by molar-refractivity contribution is -0.146. The lowest BCUT2D eigenvalue weighted by atomic mass is 9.83. The number of Topliss-reactive ketones (excluding diaryl/α,β-unsaturated/α-hetero) is 2. The summed E-state index contributed by atoms with van der Waals surface area (Å²) in [7, 11) is -2.66. The minimum Gasteiger partial charge on any atom is -0.511 e. The monoisotopic (exact) mass is 675 g/mol. The fourth-order valence-corrected chi connectivity index (χ4v) is 4.89. The van der Waals surface area contributed by atoms with E-state index in [1.165, 1.54) is 25.0 Å². The molecule has 17 nitrogen and oxygen atoms in total. The van der Waals surface area contributed by atoms with E-state index >= 15 is 0 Å². The summed E-state index contributed by atoms with van der Waals surface area (Å²) >= 11 is 0. The van der Waals surface area contributed by atoms with Crippen molar-refractivity contribution in [3.63, 3.8) is 0 Å². The molecule has 2 aliphatic carbocycles. The molecule has 0 bridgehead atoms. The predicted molar refractivity (Wildman–Crippen MR) is 143 cm³/mol. The molecule has 2 aromatic heterocycles. The van der Waals surface area contributed by atoms with Crippen molar-refractivity contribution in [1.82, 2.24) is 19.7 Å². The number of aliphatic hydroxyl groups excluding tert-OH is 1. The van der Waals surface area contributed by atoms with E-state index in [4.69, 9.17) is 19.7 Å². The van der Waals surface area contributed by atoms with Gasteiger partial charge in [-0.05, 0) is 25.0 Å². The van der Waals surface area contributed by atoms with Gasteiger partial charge in [-0.3, -0.25) is 19.7 Å². The number of alkyl halides is 3. The molecule has 2 aliphatic rings. The molecule has 0 unspecified atom stereocenters. The van der Waals surface area contributed by atoms with E-state index in [0.717, 1.165) is 12.8 Å². The Morgan fingerprint density at radius 2 is 1.46 bits per heavy atom. The number of sulfonamides is 1. The first-order chi connectivity index (χ1) is 21.4. The number of nitrogens with one attached hydrogen (secondary N) is 2. The molecule has 2 saturated carbocycles. The van der Waals surface area contributed by atoms with Crippen LogP contribution in [-0.2, 0) is 30.6 Å². The van der Waals surface area contributed by atoms with Gasteiger partial charge < -0.3 is 24.8 Å². The number of ether oxygens (including phenoxy) is 2. The Morgan fingerprint density at radius 1 is 0.913 bits per heavy atom. The maximum Gasteiger partial charge on any atom is 0.433 e. The number of aliphatic carboxylic acids is 1. The minimum absolute atomic E-state index is 0.0623. The van der Waals surface area contributed by atoms with Crippen molar-refractivity contribution in [2.75, 3.05) is 19.5 Å². The van der Waals surface area contributed by atoms with E-state index in [1.54, 1.807) is 0 Å². The van der Waals surface area contributed by atoms with E-state index in [-0.39, 0.29) is 41.9 Å². The number of hydrogen-bond donors (Lipinski definition) is 5. The number of ketones is 2. The summed E-state index contributed by atoms with van der Waals surface area (Å²) in [6, 6.07) is 0.423. The van der Waals surface area contributed by atoms with Gasteiger partial charge in [0.2, 0.25) is 17.7 Å². The highest BCUT2D eigenvalue weighted by molar-refractivity contribution is 7.90. The van der Waals surface area contributed by atoms with Crippen LogP contribution in [0.15, 0.2) is 34.6 Å². The molecule has 0 radical (unpaired) electrons. The molecule has 0 aliphatic heterocycles. The van der Waals surface area contributed by atoms with E-state index in [1.807, 2.05) is 5.32 Å². The normalized spacial score (nSPS) is 16.5. The zero-order valence-corrected chi connectivity index (χ0v) is 24.4. The summed E-state index contributed by atoms with van der Waals surface area (Å²) in [4.78, 5) is 67.3. The second-order valence-corrected chi connectivity index (χ2v) is 11.1. The molecule has 2 amide bonds. The Balaban J connectivity index is 0.000000300. The van der Waals surface area contributed by atoms with Crippen molar-refractivity contribution in [3.05, 3.63) is 40.8 Å². The maximum absolute atomic E-state index is 12.8. The first-order valence-corrected chi connectivity index (χ1v) is 14.2. The van der Waals surface area contributed by atoms with Gasteiger partial charge in [0.15, 0.2) is 16.6 Å². The molecular weight excluding hydrogens is 651 g/mol. The first-order valence-electron chi connectivity index (χ1n) is 12.7. The lowest BCUT2D eigenvalue weighted by Crippen LogP contribution is -2.36. The number of carbonyl (C=O) groups is 5. The van der Waals surface area contributed by atoms with Gasteiger partial charge in [0, 0.05) is 18.8 Å². The summed E-state index contributed by atoms with van der Waals surface area (Å²) in [6.07, 6.45) is -3.86. The van der Waals surface area contributed by atoms with Crippen molar-refractivity contribution >= 4 is 45.5 Å². The zero-order valence-electron chi connectivity index (χ0n) is 23.6. The van der Waals surface area contributed by atoms with E-state index in [9.17, 15) is 50.7 Å². The number of aromatic carboxylic acids is 1. The smallest absolute Gasteiger partial charge is 0.433 e. The number of allylic oxidation sites excluding steroid dienone is 2. The number of methoxy groups -OCH3 is 2. The second kappa shape index (κ2) is 13.7. The SMILES string of the molecule is COc1cc(OC)nc(NC(=O)NS(=O)(=O)c2nc(C(F)(F)F)ccc2C(=O)O)n1.O=C1CC(C(=O)O)CC(=O)C1=C(O)C1CC1. The van der Waals surface area contributed by atoms with Crippen molar-refractivity contribution < 1.29 is 70.4 Å². The number of urea groups is 1. The predicted octanol–water partition coefficient (Wildman–Crippen LogP) is 1.96. The summed E-state index contributed by atoms with van der Waals surface area (Å²) in [5, 5.41) is 27.8. The molecule has 0 aromatic carbocycles. The van der Waals surface area contributed by atoms with Crippen LogP contribution < -0.4 is 19.5 Å². The van der Waals surface area contributed by atoms with Crippen LogP contribution >= 0.6 is 0 Å². The third-order valence-corrected chi connectivity index (χ3v) is 7.45. The highest BCUT2D eigenvalue weighted by Gasteiger charge is 2.40. The number of carbonyl (C=O) groups excluding carboxylic acids is 3. The Morgan fingerprint density at radius 3 is 1.89 bits per heavy atom. The molecule has 2 heterocycles. The van der Waals surface area contributed by atoms with Gasteiger partial charge in [0.1, 0.15) is 11.5 Å². The highest BCUT2D eigenvalue weighted by Crippen LogP contribution is 2.38. The van der Waals surface area contributed by atoms with Crippen molar-refractivity contribution in [2.24, 2.45) is 11.8 Å². The number of pyridine rings is 1. The molecular formula is C25H24F3N5O12S. The molecule has 4 rings (SSSR count). The van der Waals surface area contributed by atoms with Crippen molar-refractivity contribution in [2.45, 2.75) is 36.9 Å². The fraction of sp³-hybridized carbons (Fsp3) is 0.360. The van der Waals surface area contributed by atoms with E-state index in [2.05, 4.69) is 15.0 Å². The number of hydrogen-bond acceptors (Lipinski definition) is 13. The third-order valence-electron chi connectivity index (χ3n) is 6.18. The number of amides is 2. The van der Waals surface area contributed by atoms with E-state index in [0.29, 0.717) is 12.1 Å². The Bertz CT molecular complexity index is 1680. The fourth-order valence-electron chi connectivity index (χ4n) is 3.83. The lowest BCUT2D eigenvalue weighted by Gasteiger charge is -2.19. The van der Waals surface area contributed by atoms with Gasteiger partial charge >= 0.3 is 24.1 Å². The largest absolute Gasteiger partial charge is 0.511 e. The van der Waals surface area contributed by atoms with Crippen LogP contribution in [0.3, 0.4) is 0 Å². The average molecular weight is 676 g/mol. The number of rotatable bonds is 8. The third kappa shape index (κ3) is 8.64. The summed E-state index contributed by atoms with van der Waals surface area (Å²) < 4.78 is 74.2. The van der Waals surface area contributed by atoms with Crippen LogP contribution in [0.25, 0.3) is 0 Å². The molecule has 21 heteroatoms. The Labute approximate surface area is 256 Å². The number of anilines is 1. The molecule has 2 fully saturated rings. The van der Waals surface area contributed by atoms with Crippen LogP contribution in [0.2, 0.25) is 0 Å². The molecule has 0 spiro atoms. The van der Waals surface area contributed by atoms with Crippen LogP contribution in [-0.4, -0.2) is 82.4 Å². The van der Waals surface area contributed by atoms with Gasteiger partial charge in [0.25, 0.3) is 10.0 Å².